The number of aromatic hydroxyl groups is 1. The first-order valence-electron chi connectivity index (χ1n) is 11.1. The Hall–Kier alpha value is -2.44. The van der Waals surface area contributed by atoms with Crippen LogP contribution in [0.5, 0.6) is 5.75 Å². The molecule has 0 radical (unpaired) electrons. The molecule has 2 N–H and O–H groups in total. The van der Waals surface area contributed by atoms with Gasteiger partial charge in [-0.3, -0.25) is 9.59 Å². The molecule has 1 aliphatic heterocycles. The summed E-state index contributed by atoms with van der Waals surface area (Å²) < 4.78 is 0. The van der Waals surface area contributed by atoms with E-state index in [-0.39, 0.29) is 17.6 Å². The summed E-state index contributed by atoms with van der Waals surface area (Å²) in [6.45, 7) is 0.892. The monoisotopic (exact) mass is 550 g/mol. The van der Waals surface area contributed by atoms with Crippen LogP contribution in [0.25, 0.3) is 11.1 Å². The van der Waals surface area contributed by atoms with Crippen molar-refractivity contribution in [3.8, 4) is 16.9 Å². The summed E-state index contributed by atoms with van der Waals surface area (Å²) in [5.41, 5.74) is 2.41. The van der Waals surface area contributed by atoms with E-state index in [4.69, 9.17) is 46.4 Å². The minimum Gasteiger partial charge on any atom is -0.507 e. The number of benzene rings is 3. The molecule has 182 valence electrons. The number of likely N-dealkylation sites (tertiary alicyclic amines) is 1. The summed E-state index contributed by atoms with van der Waals surface area (Å²) in [5, 5.41) is 15.0. The molecule has 0 aromatic heterocycles. The van der Waals surface area contributed by atoms with Crippen LogP contribution >= 0.6 is 46.4 Å². The van der Waals surface area contributed by atoms with Crippen molar-refractivity contribution in [1.29, 1.82) is 0 Å². The molecule has 0 spiro atoms. The van der Waals surface area contributed by atoms with Gasteiger partial charge in [0.05, 0.1) is 20.1 Å². The quantitative estimate of drug-likeness (QED) is 0.361. The van der Waals surface area contributed by atoms with Crippen molar-refractivity contribution < 1.29 is 14.7 Å². The van der Waals surface area contributed by atoms with E-state index >= 15 is 0 Å². The van der Waals surface area contributed by atoms with Crippen molar-refractivity contribution in [1.82, 2.24) is 10.2 Å². The van der Waals surface area contributed by atoms with Gasteiger partial charge in [-0.1, -0.05) is 58.5 Å². The Bertz CT molecular complexity index is 1280. The van der Waals surface area contributed by atoms with Gasteiger partial charge >= 0.3 is 0 Å². The van der Waals surface area contributed by atoms with E-state index in [0.29, 0.717) is 62.7 Å². The van der Waals surface area contributed by atoms with Gasteiger partial charge in [0, 0.05) is 24.2 Å². The highest BCUT2D eigenvalue weighted by atomic mass is 35.5. The number of rotatable bonds is 6. The molecule has 1 fully saturated rings. The largest absolute Gasteiger partial charge is 0.507 e. The fourth-order valence-corrected chi connectivity index (χ4v) is 4.77. The molecule has 2 amide bonds. The number of carbonyl (C=O) groups excluding carboxylic acids is 2. The maximum absolute atomic E-state index is 13.3. The Kier molecular flexibility index (Phi) is 8.12. The van der Waals surface area contributed by atoms with E-state index in [1.807, 2.05) is 6.07 Å². The number of hydrogen-bond acceptors (Lipinski definition) is 3. The zero-order valence-electron chi connectivity index (χ0n) is 18.5. The Balaban J connectivity index is 1.45. The standard InChI is InChI=1S/C26H22Cl4N2O3/c27-19-6-3-15(12-21(19)29)9-10-31-25(34)23-2-1-11-32(23)26(35)17-5-8-24(33)18(13-17)16-4-7-20(28)22(30)14-16/h3-8,12-14,23,33H,1-2,9-11H2,(H,31,34)/t23-/m0/s1. The normalized spacial score (nSPS) is 15.3. The summed E-state index contributed by atoms with van der Waals surface area (Å²) in [6, 6.07) is 14.4. The van der Waals surface area contributed by atoms with E-state index in [1.54, 1.807) is 47.4 Å². The molecule has 1 heterocycles. The summed E-state index contributed by atoms with van der Waals surface area (Å²) in [5.74, 6) is -0.453. The summed E-state index contributed by atoms with van der Waals surface area (Å²) in [7, 11) is 0. The predicted molar refractivity (Wildman–Crippen MR) is 141 cm³/mol. The predicted octanol–water partition coefficient (Wildman–Crippen LogP) is 6.64. The van der Waals surface area contributed by atoms with Crippen LogP contribution in [0, 0.1) is 0 Å². The van der Waals surface area contributed by atoms with Crippen LogP contribution in [-0.2, 0) is 11.2 Å². The van der Waals surface area contributed by atoms with Crippen molar-refractivity contribution >= 4 is 58.2 Å². The van der Waals surface area contributed by atoms with E-state index in [2.05, 4.69) is 5.32 Å². The van der Waals surface area contributed by atoms with Crippen molar-refractivity contribution in [2.24, 2.45) is 0 Å². The Morgan fingerprint density at radius 3 is 2.34 bits per heavy atom. The van der Waals surface area contributed by atoms with Gasteiger partial charge in [0.2, 0.25) is 5.91 Å². The summed E-state index contributed by atoms with van der Waals surface area (Å²) in [6.07, 6.45) is 1.91. The molecule has 3 aromatic rings. The van der Waals surface area contributed by atoms with Crippen LogP contribution < -0.4 is 5.32 Å². The first-order chi connectivity index (χ1) is 16.7. The summed E-state index contributed by atoms with van der Waals surface area (Å²) in [4.78, 5) is 27.8. The Morgan fingerprint density at radius 1 is 0.914 bits per heavy atom. The number of nitrogens with one attached hydrogen (secondary N) is 1. The molecular formula is C26H22Cl4N2O3. The molecule has 0 saturated carbocycles. The van der Waals surface area contributed by atoms with Gasteiger partial charge in [0.25, 0.3) is 5.91 Å². The third kappa shape index (κ3) is 5.87. The lowest BCUT2D eigenvalue weighted by Gasteiger charge is -2.24. The zero-order chi connectivity index (χ0) is 25.1. The van der Waals surface area contributed by atoms with Crippen LogP contribution in [0.2, 0.25) is 20.1 Å². The topological polar surface area (TPSA) is 69.6 Å². The fourth-order valence-electron chi connectivity index (χ4n) is 4.16. The molecule has 0 bridgehead atoms. The second kappa shape index (κ2) is 11.1. The number of phenolic OH excluding ortho intramolecular Hbond substituents is 1. The number of phenols is 1. The minimum atomic E-state index is -0.557. The van der Waals surface area contributed by atoms with E-state index in [1.165, 1.54) is 6.07 Å². The van der Waals surface area contributed by atoms with Gasteiger partial charge < -0.3 is 15.3 Å². The lowest BCUT2D eigenvalue weighted by atomic mass is 10.0. The van der Waals surface area contributed by atoms with Crippen LogP contribution in [0.1, 0.15) is 28.8 Å². The molecule has 0 unspecified atom stereocenters. The highest BCUT2D eigenvalue weighted by Crippen LogP contribution is 2.35. The van der Waals surface area contributed by atoms with E-state index in [0.717, 1.165) is 12.0 Å². The second-order valence-corrected chi connectivity index (χ2v) is 9.94. The molecular weight excluding hydrogens is 530 g/mol. The van der Waals surface area contributed by atoms with Crippen LogP contribution in [0.4, 0.5) is 0 Å². The average Bonchev–Trinajstić information content (AvgIpc) is 3.33. The molecule has 1 atom stereocenters. The molecule has 0 aliphatic carbocycles. The lowest BCUT2D eigenvalue weighted by molar-refractivity contribution is -0.124. The molecule has 3 aromatic carbocycles. The van der Waals surface area contributed by atoms with Gasteiger partial charge in [-0.25, -0.2) is 0 Å². The smallest absolute Gasteiger partial charge is 0.254 e. The van der Waals surface area contributed by atoms with Crippen molar-refractivity contribution in [2.45, 2.75) is 25.3 Å². The lowest BCUT2D eigenvalue weighted by Crippen LogP contribution is -2.46. The summed E-state index contributed by atoms with van der Waals surface area (Å²) >= 11 is 24.1. The minimum absolute atomic E-state index is 0.0120. The fraction of sp³-hybridized carbons (Fsp3) is 0.231. The number of hydrogen-bond donors (Lipinski definition) is 2. The van der Waals surface area contributed by atoms with Crippen LogP contribution in [0.3, 0.4) is 0 Å². The van der Waals surface area contributed by atoms with Crippen molar-refractivity contribution in [3.05, 3.63) is 85.8 Å². The van der Waals surface area contributed by atoms with E-state index in [9.17, 15) is 14.7 Å². The zero-order valence-corrected chi connectivity index (χ0v) is 21.6. The van der Waals surface area contributed by atoms with Gasteiger partial charge in [-0.05, 0) is 72.9 Å². The molecule has 4 rings (SSSR count). The SMILES string of the molecule is O=C(NCCc1ccc(Cl)c(Cl)c1)[C@@H]1CCCN1C(=O)c1ccc(O)c(-c2ccc(Cl)c(Cl)c2)c1. The second-order valence-electron chi connectivity index (χ2n) is 8.31. The first-order valence-corrected chi connectivity index (χ1v) is 12.6. The molecule has 1 saturated heterocycles. The van der Waals surface area contributed by atoms with Gasteiger partial charge in [0.15, 0.2) is 0 Å². The maximum Gasteiger partial charge on any atom is 0.254 e. The molecule has 35 heavy (non-hydrogen) atoms. The number of halogens is 4. The van der Waals surface area contributed by atoms with Gasteiger partial charge in [-0.15, -0.1) is 0 Å². The number of amides is 2. The molecule has 1 aliphatic rings. The number of nitrogens with zero attached hydrogens (tertiary/aromatic N) is 1. The highest BCUT2D eigenvalue weighted by Gasteiger charge is 2.34. The van der Waals surface area contributed by atoms with Gasteiger partial charge in [0.1, 0.15) is 11.8 Å². The van der Waals surface area contributed by atoms with Crippen LogP contribution in [0.15, 0.2) is 54.6 Å². The Labute approximate surface area is 223 Å². The van der Waals surface area contributed by atoms with Crippen LogP contribution in [-0.4, -0.2) is 41.0 Å². The number of carbonyl (C=O) groups is 2. The molecule has 5 nitrogen and oxygen atoms in total. The average molecular weight is 552 g/mol. The highest BCUT2D eigenvalue weighted by molar-refractivity contribution is 6.42. The third-order valence-corrected chi connectivity index (χ3v) is 7.47. The first kappa shape index (κ1) is 25.6. The third-order valence-electron chi connectivity index (χ3n) is 5.99. The van der Waals surface area contributed by atoms with Crippen molar-refractivity contribution in [3.63, 3.8) is 0 Å². The Morgan fingerprint density at radius 2 is 1.63 bits per heavy atom. The van der Waals surface area contributed by atoms with Gasteiger partial charge in [-0.2, -0.15) is 0 Å². The molecule has 9 heteroatoms. The van der Waals surface area contributed by atoms with Crippen molar-refractivity contribution in [2.75, 3.05) is 13.1 Å². The maximum atomic E-state index is 13.3. The van der Waals surface area contributed by atoms with E-state index < -0.39 is 6.04 Å².